The Morgan fingerprint density at radius 2 is 1.84 bits per heavy atom. The lowest BCUT2D eigenvalue weighted by molar-refractivity contribution is -0.640. The number of piperidine rings is 1. The minimum atomic E-state index is -0.106. The van der Waals surface area contributed by atoms with Gasteiger partial charge in [0.15, 0.2) is 0 Å². The maximum atomic E-state index is 14.7. The van der Waals surface area contributed by atoms with Crippen LogP contribution in [0.3, 0.4) is 0 Å². The Labute approximate surface area is 242 Å². The lowest BCUT2D eigenvalue weighted by Crippen LogP contribution is -3.00. The Bertz CT molecular complexity index is 1120. The zero-order valence-corrected chi connectivity index (χ0v) is 25.0. The molecule has 0 radical (unpaired) electrons. The minimum Gasteiger partial charge on any atom is -1.00 e. The zero-order valence-electron chi connectivity index (χ0n) is 22.6. The number of ether oxygens (including phenoxy) is 1. The summed E-state index contributed by atoms with van der Waals surface area (Å²) < 4.78 is 6.96. The van der Waals surface area contributed by atoms with E-state index in [9.17, 15) is 4.79 Å². The molecule has 1 spiro atoms. The van der Waals surface area contributed by atoms with Crippen LogP contribution in [-0.2, 0) is 16.6 Å². The van der Waals surface area contributed by atoms with Gasteiger partial charge in [-0.1, -0.05) is 65.5 Å². The summed E-state index contributed by atoms with van der Waals surface area (Å²) in [6, 6.07) is 15.7. The van der Waals surface area contributed by atoms with E-state index in [1.807, 2.05) is 0 Å². The van der Waals surface area contributed by atoms with Crippen molar-refractivity contribution in [2.75, 3.05) is 26.7 Å². The molecule has 0 bridgehead atoms. The summed E-state index contributed by atoms with van der Waals surface area (Å²) >= 11 is 3.92. The fourth-order valence-corrected chi connectivity index (χ4v) is 9.28. The smallest absolute Gasteiger partial charge is 0.232 e. The number of halogens is 2. The number of hydrogen-bond donors (Lipinski definition) is 1. The third-order valence-electron chi connectivity index (χ3n) is 10.3. The van der Waals surface area contributed by atoms with Gasteiger partial charge in [-0.05, 0) is 85.6 Å². The van der Waals surface area contributed by atoms with Crippen molar-refractivity contribution >= 4 is 21.8 Å². The second-order valence-corrected chi connectivity index (χ2v) is 12.9. The van der Waals surface area contributed by atoms with E-state index in [4.69, 9.17) is 4.74 Å². The monoisotopic (exact) mass is 600 g/mol. The van der Waals surface area contributed by atoms with Crippen molar-refractivity contribution in [3.8, 4) is 5.75 Å². The molecule has 2 saturated heterocycles. The third kappa shape index (κ3) is 4.92. The minimum absolute atomic E-state index is 0. The number of nitrogens with zero attached hydrogens (tertiary/aromatic N) is 1. The van der Waals surface area contributed by atoms with Crippen molar-refractivity contribution in [1.82, 2.24) is 4.90 Å². The van der Waals surface area contributed by atoms with Gasteiger partial charge in [0, 0.05) is 17.1 Å². The van der Waals surface area contributed by atoms with Crippen molar-refractivity contribution in [2.45, 2.75) is 81.6 Å². The van der Waals surface area contributed by atoms with Crippen molar-refractivity contribution in [3.63, 3.8) is 0 Å². The van der Waals surface area contributed by atoms with E-state index in [2.05, 4.69) is 68.6 Å². The molecule has 4 nitrogen and oxygen atoms in total. The Balaban J connectivity index is 0.00000294. The Morgan fingerprint density at radius 1 is 1.05 bits per heavy atom. The molecular weight excluding hydrogens is 560 g/mol. The lowest BCUT2D eigenvalue weighted by Gasteiger charge is -2.47. The molecule has 6 rings (SSSR count). The van der Waals surface area contributed by atoms with Crippen LogP contribution >= 0.6 is 15.9 Å². The predicted octanol–water partition coefficient (Wildman–Crippen LogP) is 2.58. The van der Waals surface area contributed by atoms with Crippen molar-refractivity contribution in [2.24, 2.45) is 11.8 Å². The second kappa shape index (κ2) is 11.9. The summed E-state index contributed by atoms with van der Waals surface area (Å²) in [7, 11) is 1.78. The third-order valence-corrected chi connectivity index (χ3v) is 10.9. The van der Waals surface area contributed by atoms with E-state index in [0.29, 0.717) is 23.8 Å². The van der Waals surface area contributed by atoms with Gasteiger partial charge in [-0.3, -0.25) is 4.79 Å². The summed E-state index contributed by atoms with van der Waals surface area (Å²) in [5.74, 6) is 2.66. The van der Waals surface area contributed by atoms with Crippen LogP contribution in [0.4, 0.5) is 0 Å². The molecule has 1 amide bonds. The molecule has 2 N–H and O–H groups in total. The molecule has 2 aliphatic carbocycles. The van der Waals surface area contributed by atoms with Crippen LogP contribution in [0.1, 0.15) is 80.4 Å². The fraction of sp³-hybridized carbons (Fsp3) is 0.594. The summed E-state index contributed by atoms with van der Waals surface area (Å²) in [5.41, 5.74) is 4.03. The van der Waals surface area contributed by atoms with Crippen molar-refractivity contribution < 1.29 is 27.3 Å². The molecule has 2 heterocycles. The molecule has 4 atom stereocenters. The van der Waals surface area contributed by atoms with Gasteiger partial charge in [0.05, 0.1) is 25.6 Å². The van der Waals surface area contributed by atoms with Crippen LogP contribution in [0.25, 0.3) is 0 Å². The Kier molecular flexibility index (Phi) is 8.76. The van der Waals surface area contributed by atoms with E-state index in [1.165, 1.54) is 48.8 Å². The van der Waals surface area contributed by atoms with Gasteiger partial charge in [-0.25, -0.2) is 0 Å². The van der Waals surface area contributed by atoms with Crippen LogP contribution < -0.4 is 22.5 Å². The molecule has 2 aliphatic heterocycles. The number of hydrogen-bond acceptors (Lipinski definition) is 2. The molecule has 2 aromatic carbocycles. The van der Waals surface area contributed by atoms with Gasteiger partial charge in [0.1, 0.15) is 11.7 Å². The number of quaternary nitrogens is 1. The van der Waals surface area contributed by atoms with E-state index in [1.54, 1.807) is 7.11 Å². The Morgan fingerprint density at radius 3 is 2.61 bits per heavy atom. The first-order valence-corrected chi connectivity index (χ1v) is 15.4. The van der Waals surface area contributed by atoms with Crippen LogP contribution in [0.5, 0.6) is 5.75 Å². The number of nitrogens with two attached hydrogens (primary N) is 1. The van der Waals surface area contributed by atoms with Gasteiger partial charge < -0.3 is 27.4 Å². The molecule has 4 aliphatic rings. The lowest BCUT2D eigenvalue weighted by atomic mass is 9.63. The van der Waals surface area contributed by atoms with E-state index < -0.39 is 0 Å². The molecule has 2 aromatic rings. The van der Waals surface area contributed by atoms with Gasteiger partial charge in [-0.15, -0.1) is 0 Å². The largest absolute Gasteiger partial charge is 1.00 e. The first-order chi connectivity index (χ1) is 18.1. The van der Waals surface area contributed by atoms with Crippen LogP contribution in [0, 0.1) is 11.8 Å². The normalized spacial score (nSPS) is 29.5. The number of methoxy groups -OCH3 is 1. The second-order valence-electron chi connectivity index (χ2n) is 12.0. The molecule has 1 saturated carbocycles. The highest BCUT2D eigenvalue weighted by Gasteiger charge is 2.56. The molecule has 0 unspecified atom stereocenters. The first kappa shape index (κ1) is 28.0. The number of amides is 1. The van der Waals surface area contributed by atoms with Crippen LogP contribution in [-0.4, -0.2) is 43.6 Å². The number of likely N-dealkylation sites (tertiary alicyclic amines) is 1. The quantitative estimate of drug-likeness (QED) is 0.586. The Hall–Kier alpha value is -1.56. The number of fused-ring (bicyclic) bond motifs is 2. The molecule has 3 fully saturated rings. The molecular formula is C32H42BrClN2O2. The molecule has 38 heavy (non-hydrogen) atoms. The number of benzene rings is 2. The first-order valence-electron chi connectivity index (χ1n) is 14.7. The summed E-state index contributed by atoms with van der Waals surface area (Å²) in [6.07, 6.45) is 12.0. The molecule has 0 aromatic heterocycles. The standard InChI is InChI=1S/C32H41BrN2O2.ClH/c1-37-29-15-14-27(33)30-25(29)13-8-17-32(30)21-34-20-26(32)31(36)35-18-16-24(22-9-4-2-5-10-22)19-28(35)23-11-6-3-7-12-23;/h2,4-5,9-10,14-15,23-24,26,28,34H,3,6-8,11-13,16-21H2,1H3;1H/t24-,26+,28+,32-;/m1./s1. The predicted molar refractivity (Wildman–Crippen MR) is 151 cm³/mol. The number of carbonyl (C=O) groups is 1. The maximum absolute atomic E-state index is 14.7. The maximum Gasteiger partial charge on any atom is 0.232 e. The summed E-state index contributed by atoms with van der Waals surface area (Å²) in [4.78, 5) is 17.1. The average molecular weight is 602 g/mol. The highest BCUT2D eigenvalue weighted by atomic mass is 79.9. The topological polar surface area (TPSA) is 46.1 Å². The molecule has 206 valence electrons. The SMILES string of the molecule is COc1ccc(Br)c2c1CCC[C@]21C[NH2+]C[C@H]1C(=O)N1CC[C@@H](c2ccccc2)C[C@H]1C1CCCCC1.[Cl-]. The summed E-state index contributed by atoms with van der Waals surface area (Å²) in [5, 5.41) is 2.41. The number of carbonyl (C=O) groups excluding carboxylic acids is 1. The van der Waals surface area contributed by atoms with Crippen LogP contribution in [0.2, 0.25) is 0 Å². The highest BCUT2D eigenvalue weighted by molar-refractivity contribution is 9.10. The zero-order chi connectivity index (χ0) is 25.4. The van der Waals surface area contributed by atoms with Gasteiger partial charge in [0.25, 0.3) is 0 Å². The number of rotatable bonds is 4. The summed E-state index contributed by atoms with van der Waals surface area (Å²) in [6.45, 7) is 2.80. The fourth-order valence-electron chi connectivity index (χ4n) is 8.51. The van der Waals surface area contributed by atoms with Gasteiger partial charge in [-0.2, -0.15) is 0 Å². The van der Waals surface area contributed by atoms with Crippen molar-refractivity contribution in [1.29, 1.82) is 0 Å². The average Bonchev–Trinajstić information content (AvgIpc) is 3.37. The molecule has 6 heteroatoms. The van der Waals surface area contributed by atoms with E-state index in [0.717, 1.165) is 62.0 Å². The van der Waals surface area contributed by atoms with Crippen molar-refractivity contribution in [3.05, 3.63) is 63.6 Å². The van der Waals surface area contributed by atoms with Gasteiger partial charge in [0.2, 0.25) is 5.91 Å². The van der Waals surface area contributed by atoms with Crippen LogP contribution in [0.15, 0.2) is 46.9 Å². The van der Waals surface area contributed by atoms with Gasteiger partial charge >= 0.3 is 0 Å². The van der Waals surface area contributed by atoms with E-state index in [-0.39, 0.29) is 23.7 Å². The van der Waals surface area contributed by atoms with E-state index >= 15 is 0 Å². The highest BCUT2D eigenvalue weighted by Crippen LogP contribution is 2.50.